The van der Waals surface area contributed by atoms with E-state index >= 15 is 0 Å². The molecule has 1 aromatic carbocycles. The highest BCUT2D eigenvalue weighted by atomic mass is 79.9. The average Bonchev–Trinajstić information content (AvgIpc) is 2.94. The zero-order valence-corrected chi connectivity index (χ0v) is 12.6. The number of ketones is 1. The first-order valence-corrected chi connectivity index (χ1v) is 7.53. The van der Waals surface area contributed by atoms with Gasteiger partial charge in [0.1, 0.15) is 0 Å². The van der Waals surface area contributed by atoms with E-state index in [1.807, 2.05) is 0 Å². The van der Waals surface area contributed by atoms with E-state index < -0.39 is 11.5 Å². The van der Waals surface area contributed by atoms with E-state index in [2.05, 4.69) is 21.2 Å². The Hall–Kier alpha value is -1.50. The average molecular weight is 352 g/mol. The number of Topliss-reactive ketones (excluding diaryl/α,β-unsaturated/α-hetero) is 1. The van der Waals surface area contributed by atoms with Crippen LogP contribution in [-0.2, 0) is 10.4 Å². The Balaban J connectivity index is 1.93. The van der Waals surface area contributed by atoms with E-state index in [9.17, 15) is 14.7 Å². The van der Waals surface area contributed by atoms with Crippen LogP contribution < -0.4 is 5.32 Å². The molecule has 102 valence electrons. The first-order chi connectivity index (χ1) is 9.50. The van der Waals surface area contributed by atoms with E-state index in [4.69, 9.17) is 0 Å². The number of hydrogen-bond donors (Lipinski definition) is 2. The Labute approximate surface area is 127 Å². The van der Waals surface area contributed by atoms with E-state index in [0.717, 1.165) is 3.79 Å². The van der Waals surface area contributed by atoms with Crippen molar-refractivity contribution in [2.45, 2.75) is 12.0 Å². The molecule has 1 amide bonds. The topological polar surface area (TPSA) is 66.4 Å². The minimum Gasteiger partial charge on any atom is -0.375 e. The fourth-order valence-electron chi connectivity index (χ4n) is 2.26. The minimum absolute atomic E-state index is 0.255. The van der Waals surface area contributed by atoms with Gasteiger partial charge in [0, 0.05) is 11.3 Å². The van der Waals surface area contributed by atoms with Crippen molar-refractivity contribution in [3.05, 3.63) is 50.6 Å². The zero-order valence-electron chi connectivity index (χ0n) is 10.2. The molecule has 1 aliphatic rings. The lowest BCUT2D eigenvalue weighted by Crippen LogP contribution is -2.36. The van der Waals surface area contributed by atoms with Gasteiger partial charge < -0.3 is 10.4 Å². The predicted octanol–water partition coefficient (Wildman–Crippen LogP) is 2.92. The minimum atomic E-state index is -1.79. The second-order valence-electron chi connectivity index (χ2n) is 4.56. The normalized spacial score (nSPS) is 20.6. The first-order valence-electron chi connectivity index (χ1n) is 5.92. The van der Waals surface area contributed by atoms with Crippen molar-refractivity contribution in [1.29, 1.82) is 0 Å². The molecule has 0 spiro atoms. The number of amides is 1. The van der Waals surface area contributed by atoms with Gasteiger partial charge in [-0.1, -0.05) is 18.2 Å². The van der Waals surface area contributed by atoms with Gasteiger partial charge in [-0.3, -0.25) is 9.59 Å². The molecule has 1 unspecified atom stereocenters. The molecule has 1 aliphatic heterocycles. The monoisotopic (exact) mass is 351 g/mol. The molecule has 0 saturated heterocycles. The van der Waals surface area contributed by atoms with Crippen LogP contribution in [0.15, 0.2) is 40.2 Å². The molecule has 4 nitrogen and oxygen atoms in total. The van der Waals surface area contributed by atoms with Crippen LogP contribution in [0.1, 0.15) is 21.7 Å². The molecule has 0 radical (unpaired) electrons. The predicted molar refractivity (Wildman–Crippen MR) is 79.9 cm³/mol. The number of nitrogens with one attached hydrogen (secondary N) is 1. The smallest absolute Gasteiger partial charge is 0.261 e. The van der Waals surface area contributed by atoms with Crippen molar-refractivity contribution in [2.24, 2.45) is 0 Å². The van der Waals surface area contributed by atoms with Gasteiger partial charge in [-0.2, -0.15) is 0 Å². The first kappa shape index (κ1) is 13.5. The van der Waals surface area contributed by atoms with Crippen LogP contribution in [0.5, 0.6) is 0 Å². The maximum Gasteiger partial charge on any atom is 0.261 e. The summed E-state index contributed by atoms with van der Waals surface area (Å²) in [5.41, 5.74) is -0.779. The maximum atomic E-state index is 12.2. The van der Waals surface area contributed by atoms with Gasteiger partial charge in [-0.25, -0.2) is 0 Å². The summed E-state index contributed by atoms with van der Waals surface area (Å²) < 4.78 is 0.837. The van der Waals surface area contributed by atoms with Gasteiger partial charge in [0.25, 0.3) is 5.91 Å². The summed E-state index contributed by atoms with van der Waals surface area (Å²) >= 11 is 4.57. The number of aliphatic hydroxyl groups is 1. The summed E-state index contributed by atoms with van der Waals surface area (Å²) in [7, 11) is 0. The number of fused-ring (bicyclic) bond motifs is 1. The summed E-state index contributed by atoms with van der Waals surface area (Å²) in [6, 6.07) is 10.3. The van der Waals surface area contributed by atoms with Gasteiger partial charge in [0.2, 0.25) is 0 Å². The molecular formula is C14H10BrNO3S. The number of thiophene rings is 1. The van der Waals surface area contributed by atoms with Crippen molar-refractivity contribution >= 4 is 44.6 Å². The van der Waals surface area contributed by atoms with Crippen LogP contribution in [0.3, 0.4) is 0 Å². The second-order valence-corrected chi connectivity index (χ2v) is 7.03. The van der Waals surface area contributed by atoms with Crippen molar-refractivity contribution in [1.82, 2.24) is 0 Å². The van der Waals surface area contributed by atoms with Crippen molar-refractivity contribution < 1.29 is 14.7 Å². The molecule has 20 heavy (non-hydrogen) atoms. The summed E-state index contributed by atoms with van der Waals surface area (Å²) in [6.07, 6.45) is -0.261. The highest BCUT2D eigenvalue weighted by molar-refractivity contribution is 9.11. The number of carbonyl (C=O) groups is 2. The Morgan fingerprint density at radius 2 is 2.05 bits per heavy atom. The third-order valence-corrected chi connectivity index (χ3v) is 4.93. The zero-order chi connectivity index (χ0) is 14.3. The molecule has 1 atom stereocenters. The second kappa shape index (κ2) is 4.80. The van der Waals surface area contributed by atoms with Crippen molar-refractivity contribution in [2.75, 3.05) is 5.32 Å². The van der Waals surface area contributed by atoms with Gasteiger partial charge in [-0.15, -0.1) is 11.3 Å². The lowest BCUT2D eigenvalue weighted by Gasteiger charge is -2.19. The molecule has 0 aliphatic carbocycles. The van der Waals surface area contributed by atoms with E-state index in [-0.39, 0.29) is 12.2 Å². The Morgan fingerprint density at radius 3 is 2.75 bits per heavy atom. The van der Waals surface area contributed by atoms with Crippen molar-refractivity contribution in [3.63, 3.8) is 0 Å². The van der Waals surface area contributed by atoms with Crippen molar-refractivity contribution in [3.8, 4) is 0 Å². The van der Waals surface area contributed by atoms with Gasteiger partial charge >= 0.3 is 0 Å². The Kier molecular flexibility index (Phi) is 3.24. The molecule has 0 saturated carbocycles. The van der Waals surface area contributed by atoms with Gasteiger partial charge in [0.05, 0.1) is 15.1 Å². The number of para-hydroxylation sites is 1. The van der Waals surface area contributed by atoms with Crippen LogP contribution in [-0.4, -0.2) is 16.8 Å². The van der Waals surface area contributed by atoms with E-state index in [0.29, 0.717) is 16.1 Å². The molecule has 2 N–H and O–H groups in total. The largest absolute Gasteiger partial charge is 0.375 e. The molecule has 0 fully saturated rings. The third-order valence-electron chi connectivity index (χ3n) is 3.26. The lowest BCUT2D eigenvalue weighted by atomic mass is 9.89. The van der Waals surface area contributed by atoms with E-state index in [1.54, 1.807) is 36.4 Å². The summed E-state index contributed by atoms with van der Waals surface area (Å²) in [5, 5.41) is 13.2. The van der Waals surface area contributed by atoms with Crippen LogP contribution >= 0.6 is 27.3 Å². The third kappa shape index (κ3) is 2.09. The molecule has 1 aromatic heterocycles. The molecule has 2 heterocycles. The molecule has 6 heteroatoms. The fourth-order valence-corrected chi connectivity index (χ4v) is 3.58. The summed E-state index contributed by atoms with van der Waals surface area (Å²) in [6.45, 7) is 0. The summed E-state index contributed by atoms with van der Waals surface area (Å²) in [5.74, 6) is -0.808. The maximum absolute atomic E-state index is 12.2. The van der Waals surface area contributed by atoms with E-state index in [1.165, 1.54) is 11.3 Å². The molecule has 3 rings (SSSR count). The molecule has 2 aromatic rings. The number of carbonyl (C=O) groups excluding carboxylic acids is 2. The lowest BCUT2D eigenvalue weighted by molar-refractivity contribution is -0.133. The molecule has 0 bridgehead atoms. The van der Waals surface area contributed by atoms with Crippen LogP contribution in [0.2, 0.25) is 0 Å². The number of anilines is 1. The standard InChI is InChI=1S/C14H10BrNO3S/c15-12-6-5-11(20-12)10(17)7-14(19)8-3-1-2-4-9(8)16-13(14)18/h1-6,19H,7H2,(H,16,18). The van der Waals surface area contributed by atoms with Crippen LogP contribution in [0.25, 0.3) is 0 Å². The van der Waals surface area contributed by atoms with Gasteiger partial charge in [0.15, 0.2) is 11.4 Å². The molecular weight excluding hydrogens is 342 g/mol. The van der Waals surface area contributed by atoms with Gasteiger partial charge in [-0.05, 0) is 34.1 Å². The Bertz CT molecular complexity index is 712. The number of benzene rings is 1. The van der Waals surface area contributed by atoms with Crippen LogP contribution in [0.4, 0.5) is 5.69 Å². The summed E-state index contributed by atoms with van der Waals surface area (Å²) in [4.78, 5) is 24.7. The SMILES string of the molecule is O=C(CC1(O)C(=O)Nc2ccccc21)c1ccc(Br)s1. The fraction of sp³-hybridized carbons (Fsp3) is 0.143. The van der Waals surface area contributed by atoms with Crippen LogP contribution in [0, 0.1) is 0 Å². The quantitative estimate of drug-likeness (QED) is 0.835. The number of rotatable bonds is 3. The highest BCUT2D eigenvalue weighted by Crippen LogP contribution is 2.39. The Morgan fingerprint density at radius 1 is 1.30 bits per heavy atom. The highest BCUT2D eigenvalue weighted by Gasteiger charge is 2.46. The number of hydrogen-bond acceptors (Lipinski definition) is 4. The number of halogens is 1.